The summed E-state index contributed by atoms with van der Waals surface area (Å²) in [6, 6.07) is 14.4. The summed E-state index contributed by atoms with van der Waals surface area (Å²) in [5.41, 5.74) is 3.58. The number of aryl methyl sites for hydroxylation is 1. The van der Waals surface area contributed by atoms with Crippen molar-refractivity contribution in [2.24, 2.45) is 0 Å². The molecule has 22 heavy (non-hydrogen) atoms. The molecule has 0 fully saturated rings. The largest absolute Gasteiger partial charge is 0.490 e. The van der Waals surface area contributed by atoms with Crippen molar-refractivity contribution in [1.29, 1.82) is 0 Å². The van der Waals surface area contributed by atoms with E-state index in [-0.39, 0.29) is 0 Å². The minimum atomic E-state index is 0.636. The molecule has 0 aromatic heterocycles. The summed E-state index contributed by atoms with van der Waals surface area (Å²) in [4.78, 5) is 0. The average molecular weight is 299 g/mol. The first-order valence-electron chi connectivity index (χ1n) is 7.92. The van der Waals surface area contributed by atoms with Gasteiger partial charge >= 0.3 is 0 Å². The van der Waals surface area contributed by atoms with Crippen LogP contribution in [-0.4, -0.2) is 13.2 Å². The van der Waals surface area contributed by atoms with E-state index in [1.54, 1.807) is 0 Å². The van der Waals surface area contributed by atoms with Gasteiger partial charge in [-0.15, -0.1) is 0 Å². The van der Waals surface area contributed by atoms with Crippen molar-refractivity contribution in [3.05, 3.63) is 53.6 Å². The molecule has 0 unspecified atom stereocenters. The fourth-order valence-electron chi connectivity index (χ4n) is 2.23. The third-order valence-electron chi connectivity index (χ3n) is 3.40. The topological polar surface area (TPSA) is 30.5 Å². The Hall–Kier alpha value is -2.16. The first-order valence-corrected chi connectivity index (χ1v) is 7.92. The molecular weight excluding hydrogens is 274 g/mol. The Morgan fingerprint density at radius 2 is 1.77 bits per heavy atom. The van der Waals surface area contributed by atoms with Crippen LogP contribution in [0, 0.1) is 6.92 Å². The van der Waals surface area contributed by atoms with Gasteiger partial charge in [-0.05, 0) is 49.6 Å². The normalized spacial score (nSPS) is 10.3. The number of anilines is 1. The zero-order valence-electron chi connectivity index (χ0n) is 13.7. The maximum Gasteiger partial charge on any atom is 0.161 e. The number of para-hydroxylation sites is 1. The maximum atomic E-state index is 5.73. The third kappa shape index (κ3) is 4.42. The van der Waals surface area contributed by atoms with Gasteiger partial charge in [-0.25, -0.2) is 0 Å². The highest BCUT2D eigenvalue weighted by molar-refractivity contribution is 5.51. The third-order valence-corrected chi connectivity index (χ3v) is 3.40. The number of hydrogen-bond acceptors (Lipinski definition) is 3. The molecular formula is C19H25NO2. The molecule has 0 bridgehead atoms. The summed E-state index contributed by atoms with van der Waals surface area (Å²) < 4.78 is 11.4. The quantitative estimate of drug-likeness (QED) is 0.760. The van der Waals surface area contributed by atoms with E-state index in [1.807, 2.05) is 25.1 Å². The lowest BCUT2D eigenvalue weighted by Crippen LogP contribution is -2.04. The summed E-state index contributed by atoms with van der Waals surface area (Å²) in [6.45, 7) is 8.30. The van der Waals surface area contributed by atoms with Crippen LogP contribution >= 0.6 is 0 Å². The zero-order chi connectivity index (χ0) is 15.8. The monoisotopic (exact) mass is 299 g/mol. The summed E-state index contributed by atoms with van der Waals surface area (Å²) in [5, 5.41) is 3.46. The molecule has 3 nitrogen and oxygen atoms in total. The summed E-state index contributed by atoms with van der Waals surface area (Å²) >= 11 is 0. The number of benzene rings is 2. The van der Waals surface area contributed by atoms with Crippen LogP contribution in [0.5, 0.6) is 11.5 Å². The van der Waals surface area contributed by atoms with Crippen LogP contribution in [0.2, 0.25) is 0 Å². The second-order valence-electron chi connectivity index (χ2n) is 5.23. The Morgan fingerprint density at radius 3 is 2.50 bits per heavy atom. The standard InChI is InChI=1S/C19H25NO2/c1-4-12-22-18-11-10-16(13-19(18)21-5-2)14-20-17-9-7-6-8-15(17)3/h6-11,13,20H,4-5,12,14H2,1-3H3. The van der Waals surface area contributed by atoms with Crippen molar-refractivity contribution < 1.29 is 9.47 Å². The van der Waals surface area contributed by atoms with Crippen LogP contribution in [0.1, 0.15) is 31.4 Å². The lowest BCUT2D eigenvalue weighted by molar-refractivity contribution is 0.276. The average Bonchev–Trinajstić information content (AvgIpc) is 2.53. The van der Waals surface area contributed by atoms with Gasteiger partial charge in [0.1, 0.15) is 0 Å². The molecule has 118 valence electrons. The van der Waals surface area contributed by atoms with E-state index in [9.17, 15) is 0 Å². The molecule has 0 saturated heterocycles. The number of rotatable bonds is 8. The van der Waals surface area contributed by atoms with Gasteiger partial charge in [0.15, 0.2) is 11.5 Å². The minimum absolute atomic E-state index is 0.636. The van der Waals surface area contributed by atoms with E-state index >= 15 is 0 Å². The highest BCUT2D eigenvalue weighted by atomic mass is 16.5. The lowest BCUT2D eigenvalue weighted by Gasteiger charge is -2.14. The zero-order valence-corrected chi connectivity index (χ0v) is 13.7. The fourth-order valence-corrected chi connectivity index (χ4v) is 2.23. The van der Waals surface area contributed by atoms with Gasteiger partial charge in [-0.3, -0.25) is 0 Å². The van der Waals surface area contributed by atoms with Crippen LogP contribution in [0.15, 0.2) is 42.5 Å². The summed E-state index contributed by atoms with van der Waals surface area (Å²) in [6.07, 6.45) is 0.988. The molecule has 0 amide bonds. The molecule has 1 N–H and O–H groups in total. The molecule has 0 spiro atoms. The van der Waals surface area contributed by atoms with Crippen molar-refractivity contribution in [2.75, 3.05) is 18.5 Å². The summed E-state index contributed by atoms with van der Waals surface area (Å²) in [7, 11) is 0. The predicted octanol–water partition coefficient (Wildman–Crippen LogP) is 4.79. The van der Waals surface area contributed by atoms with E-state index in [4.69, 9.17) is 9.47 Å². The number of ether oxygens (including phenoxy) is 2. The Kier molecular flexibility index (Phi) is 6.13. The molecule has 2 rings (SSSR count). The number of hydrogen-bond donors (Lipinski definition) is 1. The molecule has 2 aromatic rings. The van der Waals surface area contributed by atoms with E-state index in [0.717, 1.165) is 30.2 Å². The molecule has 0 saturated carbocycles. The second kappa shape index (κ2) is 8.32. The first kappa shape index (κ1) is 16.2. The highest BCUT2D eigenvalue weighted by Gasteiger charge is 2.06. The van der Waals surface area contributed by atoms with Gasteiger partial charge < -0.3 is 14.8 Å². The molecule has 0 heterocycles. The van der Waals surface area contributed by atoms with Crippen molar-refractivity contribution >= 4 is 5.69 Å². The van der Waals surface area contributed by atoms with E-state index in [0.29, 0.717) is 13.2 Å². The molecule has 0 radical (unpaired) electrons. The van der Waals surface area contributed by atoms with E-state index in [2.05, 4.69) is 43.4 Å². The van der Waals surface area contributed by atoms with Gasteiger partial charge in [0, 0.05) is 12.2 Å². The Bertz CT molecular complexity index is 596. The van der Waals surface area contributed by atoms with Crippen molar-refractivity contribution in [3.63, 3.8) is 0 Å². The summed E-state index contributed by atoms with van der Waals surface area (Å²) in [5.74, 6) is 1.64. The van der Waals surface area contributed by atoms with Crippen LogP contribution < -0.4 is 14.8 Å². The highest BCUT2D eigenvalue weighted by Crippen LogP contribution is 2.29. The number of nitrogens with one attached hydrogen (secondary N) is 1. The van der Waals surface area contributed by atoms with E-state index < -0.39 is 0 Å². The van der Waals surface area contributed by atoms with E-state index in [1.165, 1.54) is 11.1 Å². The Balaban J connectivity index is 2.07. The molecule has 2 aromatic carbocycles. The van der Waals surface area contributed by atoms with Gasteiger partial charge in [0.05, 0.1) is 13.2 Å². The van der Waals surface area contributed by atoms with Gasteiger partial charge in [-0.1, -0.05) is 31.2 Å². The Labute approximate surface area is 133 Å². The molecule has 3 heteroatoms. The van der Waals surface area contributed by atoms with Crippen LogP contribution in [0.25, 0.3) is 0 Å². The predicted molar refractivity (Wildman–Crippen MR) is 91.9 cm³/mol. The SMILES string of the molecule is CCCOc1ccc(CNc2ccccc2C)cc1OCC. The van der Waals surface area contributed by atoms with Crippen molar-refractivity contribution in [2.45, 2.75) is 33.7 Å². The molecule has 0 atom stereocenters. The lowest BCUT2D eigenvalue weighted by atomic mass is 10.1. The van der Waals surface area contributed by atoms with Crippen molar-refractivity contribution in [3.8, 4) is 11.5 Å². The molecule has 0 aliphatic rings. The first-order chi connectivity index (χ1) is 10.7. The van der Waals surface area contributed by atoms with Gasteiger partial charge in [0.25, 0.3) is 0 Å². The molecule has 0 aliphatic carbocycles. The molecule has 0 aliphatic heterocycles. The van der Waals surface area contributed by atoms with Gasteiger partial charge in [-0.2, -0.15) is 0 Å². The van der Waals surface area contributed by atoms with Crippen LogP contribution in [0.4, 0.5) is 5.69 Å². The fraction of sp³-hybridized carbons (Fsp3) is 0.368. The minimum Gasteiger partial charge on any atom is -0.490 e. The second-order valence-corrected chi connectivity index (χ2v) is 5.23. The van der Waals surface area contributed by atoms with Gasteiger partial charge in [0.2, 0.25) is 0 Å². The smallest absolute Gasteiger partial charge is 0.161 e. The Morgan fingerprint density at radius 1 is 0.955 bits per heavy atom. The maximum absolute atomic E-state index is 5.73. The van der Waals surface area contributed by atoms with Crippen LogP contribution in [-0.2, 0) is 6.54 Å². The van der Waals surface area contributed by atoms with Crippen molar-refractivity contribution in [1.82, 2.24) is 0 Å². The van der Waals surface area contributed by atoms with Crippen LogP contribution in [0.3, 0.4) is 0 Å².